The van der Waals surface area contributed by atoms with Gasteiger partial charge in [0.25, 0.3) is 0 Å². The van der Waals surface area contributed by atoms with E-state index in [1.807, 2.05) is 0 Å². The van der Waals surface area contributed by atoms with E-state index in [0.29, 0.717) is 0 Å². The van der Waals surface area contributed by atoms with Crippen LogP contribution in [0.5, 0.6) is 0 Å². The average molecular weight is 1110 g/mol. The Morgan fingerprint density at radius 1 is 0.237 bits per heavy atom. The predicted molar refractivity (Wildman–Crippen MR) is 349 cm³/mol. The molecule has 2 heteroatoms. The second-order valence-electron chi connectivity index (χ2n) is 20.8. The molecule has 0 saturated carbocycles. The van der Waals surface area contributed by atoms with Crippen LogP contribution in [0, 0.1) is 28.7 Å². The summed E-state index contributed by atoms with van der Waals surface area (Å²) in [5.41, 5.74) is 13.1. The summed E-state index contributed by atoms with van der Waals surface area (Å²) in [6, 6.07) is 98.6. The summed E-state index contributed by atoms with van der Waals surface area (Å²) in [5, 5.41) is 25.9. The van der Waals surface area contributed by atoms with E-state index in [1.54, 1.807) is 0 Å². The molecule has 16 aromatic rings. The van der Waals surface area contributed by atoms with Gasteiger partial charge in [-0.15, -0.1) is 44.8 Å². The summed E-state index contributed by atoms with van der Waals surface area (Å²) in [6.07, 6.45) is 0. The molecule has 0 atom stereocenters. The van der Waals surface area contributed by atoms with Crippen LogP contribution in [0.2, 0.25) is 0 Å². The zero-order valence-electron chi connectivity index (χ0n) is 45.4. The zero-order chi connectivity index (χ0) is 52.4. The van der Waals surface area contributed by atoms with E-state index in [-0.39, 0.29) is 14.9 Å². The van der Waals surface area contributed by atoms with E-state index in [2.05, 4.69) is 288 Å². The number of hydrogen-bond acceptors (Lipinski definition) is 0. The molecule has 380 valence electrons. The Kier molecular flexibility index (Phi) is 14.1. The van der Waals surface area contributed by atoms with E-state index < -0.39 is 0 Å². The Morgan fingerprint density at radius 2 is 0.425 bits per heavy atom. The molecule has 0 nitrogen and oxygen atoms in total. The van der Waals surface area contributed by atoms with Gasteiger partial charge in [-0.1, -0.05) is 254 Å². The van der Waals surface area contributed by atoms with Crippen LogP contribution >= 0.6 is 0 Å². The van der Waals surface area contributed by atoms with Gasteiger partial charge in [-0.25, -0.2) is 0 Å². The van der Waals surface area contributed by atoms with Gasteiger partial charge in [-0.3, -0.25) is 0 Å². The molecule has 0 aliphatic heterocycles. The number of benzene rings is 14. The normalized spacial score (nSPS) is 11.3. The molecular weight excluding hydrogens is 1060 g/mol. The van der Waals surface area contributed by atoms with Crippen LogP contribution in [0.25, 0.3) is 152 Å². The Labute approximate surface area is 485 Å². The van der Waals surface area contributed by atoms with Gasteiger partial charge < -0.3 is 14.9 Å². The molecule has 80 heavy (non-hydrogen) atoms. The van der Waals surface area contributed by atoms with Crippen LogP contribution in [-0.4, -0.2) is 6.88 Å². The van der Waals surface area contributed by atoms with Crippen molar-refractivity contribution in [2.45, 2.75) is 13.8 Å². The summed E-state index contributed by atoms with van der Waals surface area (Å²) in [6.45, 7) is 7.50. The summed E-state index contributed by atoms with van der Waals surface area (Å²) in [7, 11) is 0. The van der Waals surface area contributed by atoms with Crippen LogP contribution in [0.4, 0.5) is 0 Å². The molecule has 0 bridgehead atoms. The first-order chi connectivity index (χ1) is 38.5. The topological polar surface area (TPSA) is 0 Å². The number of rotatable bonds is 4. The van der Waals surface area contributed by atoms with Gasteiger partial charge in [-0.2, -0.15) is 12.1 Å². The molecule has 0 aromatic heterocycles. The summed E-state index contributed by atoms with van der Waals surface area (Å²) in [5.74, 6) is 0. The Balaban J connectivity index is 0.000000151. The molecule has 2 radical (unpaired) electrons. The van der Waals surface area contributed by atoms with Gasteiger partial charge in [0.2, 0.25) is 0 Å². The second-order valence-corrected chi connectivity index (χ2v) is 20.8. The fourth-order valence-corrected chi connectivity index (χ4v) is 13.0. The van der Waals surface area contributed by atoms with E-state index in [1.165, 1.54) is 187 Å². The second kappa shape index (κ2) is 21.6. The van der Waals surface area contributed by atoms with Crippen molar-refractivity contribution in [3.05, 3.63) is 293 Å². The standard InChI is InChI=1S/2C38H25.2CH3.Si.Zr/c2*1-24-20-35-33(37-29-14-6-2-10-25(29)22-26-11-3-7-15-30(26)37)18-19-34(36(35)21-24)38-31-16-8-4-12-27(31)23-28-13-5-9-17-32(28)38;;;;/h2*2-23H,1H3;2*1H3;;/q4*-1;;. The summed E-state index contributed by atoms with van der Waals surface area (Å²) in [4.78, 5) is 0. The third-order valence-corrected chi connectivity index (χ3v) is 16.2. The SMILES string of the molecule is Cc1cc2c(-c3c4ccccc4cc4ccccc34)ccc(-c3c4ccccc4cc4ccccc34)c2[cH-]1.Cc1cc2c(-c3c4ccccc4cc4ccccc34)ccc(-c3c4ccccc4cc4ccccc34)c2[cH-]1.[CH3-].[CH3-].[Si]=[Zr]. The minimum atomic E-state index is 0. The molecule has 0 saturated heterocycles. The van der Waals surface area contributed by atoms with Gasteiger partial charge in [0, 0.05) is 0 Å². The molecule has 0 unspecified atom stereocenters. The third kappa shape index (κ3) is 8.70. The average Bonchev–Trinajstić information content (AvgIpc) is 4.16. The van der Waals surface area contributed by atoms with Crippen molar-refractivity contribution in [2.24, 2.45) is 0 Å². The van der Waals surface area contributed by atoms with Gasteiger partial charge >= 0.3 is 30.2 Å². The van der Waals surface area contributed by atoms with Crippen molar-refractivity contribution in [2.75, 3.05) is 0 Å². The van der Waals surface area contributed by atoms with Crippen LogP contribution in [0.15, 0.2) is 267 Å². The van der Waals surface area contributed by atoms with E-state index in [0.717, 1.165) is 0 Å². The number of fused-ring (bicyclic) bond motifs is 10. The quantitative estimate of drug-likeness (QED) is 0.0936. The summed E-state index contributed by atoms with van der Waals surface area (Å²) >= 11 is 1.36. The van der Waals surface area contributed by atoms with E-state index in [4.69, 9.17) is 0 Å². The van der Waals surface area contributed by atoms with Crippen LogP contribution in [0.1, 0.15) is 11.1 Å². The van der Waals surface area contributed by atoms with Crippen LogP contribution in [0.3, 0.4) is 0 Å². The Morgan fingerprint density at radius 3 is 0.650 bits per heavy atom. The van der Waals surface area contributed by atoms with Crippen molar-refractivity contribution in [1.29, 1.82) is 0 Å². The van der Waals surface area contributed by atoms with Crippen molar-refractivity contribution >= 4 is 115 Å². The molecule has 0 heterocycles. The van der Waals surface area contributed by atoms with E-state index in [9.17, 15) is 0 Å². The molecular formula is C78H56SiZr-4. The zero-order valence-corrected chi connectivity index (χ0v) is 48.9. The molecule has 0 spiro atoms. The fraction of sp³-hybridized carbons (Fsp3) is 0.0256. The van der Waals surface area contributed by atoms with Crippen LogP contribution < -0.4 is 0 Å². The fourth-order valence-electron chi connectivity index (χ4n) is 13.0. The molecule has 0 fully saturated rings. The molecule has 0 amide bonds. The monoisotopic (exact) mass is 1110 g/mol. The summed E-state index contributed by atoms with van der Waals surface area (Å²) < 4.78 is 0. The molecule has 0 aliphatic carbocycles. The first kappa shape index (κ1) is 52.2. The van der Waals surface area contributed by atoms with Crippen molar-refractivity contribution in [3.8, 4) is 44.5 Å². The van der Waals surface area contributed by atoms with Gasteiger partial charge in [0.05, 0.1) is 0 Å². The predicted octanol–water partition coefficient (Wildman–Crippen LogP) is 22.1. The van der Waals surface area contributed by atoms with E-state index >= 15 is 0 Å². The van der Waals surface area contributed by atoms with Crippen molar-refractivity contribution in [1.82, 2.24) is 0 Å². The minimum absolute atomic E-state index is 0. The van der Waals surface area contributed by atoms with Gasteiger partial charge in [0.1, 0.15) is 0 Å². The van der Waals surface area contributed by atoms with Crippen molar-refractivity contribution in [3.63, 3.8) is 0 Å². The maximum absolute atomic E-state index is 3.06. The Hall–Kier alpha value is -8.52. The molecule has 0 N–H and O–H groups in total. The van der Waals surface area contributed by atoms with Gasteiger partial charge in [-0.05, 0) is 133 Å². The number of aryl methyl sites for hydroxylation is 2. The van der Waals surface area contributed by atoms with Gasteiger partial charge in [0.15, 0.2) is 0 Å². The third-order valence-electron chi connectivity index (χ3n) is 16.2. The molecule has 16 aromatic carbocycles. The van der Waals surface area contributed by atoms with Crippen molar-refractivity contribution < 1.29 is 23.3 Å². The molecule has 0 aliphatic rings. The Bertz CT molecular complexity index is 4200. The maximum atomic E-state index is 3.06. The number of hydrogen-bond donors (Lipinski definition) is 0. The first-order valence-corrected chi connectivity index (χ1v) is 31.0. The first-order valence-electron chi connectivity index (χ1n) is 26.8. The molecule has 16 rings (SSSR count). The van der Waals surface area contributed by atoms with Crippen LogP contribution in [-0.2, 0) is 23.3 Å².